The zero-order chi connectivity index (χ0) is 13.7. The summed E-state index contributed by atoms with van der Waals surface area (Å²) in [6.07, 6.45) is 2.07. The van der Waals surface area contributed by atoms with Crippen molar-refractivity contribution in [2.45, 2.75) is 12.8 Å². The normalized spacial score (nSPS) is 17.1. The van der Waals surface area contributed by atoms with Gasteiger partial charge in [-0.1, -0.05) is 3.89 Å². The van der Waals surface area contributed by atoms with E-state index in [2.05, 4.69) is 9.50 Å². The molecule has 7 heteroatoms. The molecule has 1 fully saturated rings. The third-order valence-electron chi connectivity index (χ3n) is 2.99. The van der Waals surface area contributed by atoms with Crippen LogP contribution in [-0.4, -0.2) is 28.2 Å². The highest BCUT2D eigenvalue weighted by atomic mass is 32.3. The van der Waals surface area contributed by atoms with Gasteiger partial charge in [0.2, 0.25) is 0 Å². The quantitative estimate of drug-likeness (QED) is 0.841. The maximum absolute atomic E-state index is 12.3. The van der Waals surface area contributed by atoms with Crippen LogP contribution in [0.3, 0.4) is 0 Å². The van der Waals surface area contributed by atoms with Gasteiger partial charge in [0.15, 0.2) is 0 Å². The molecule has 1 aliphatic heterocycles. The highest BCUT2D eigenvalue weighted by Crippen LogP contribution is 2.20. The number of anilines is 1. The molecule has 106 valence electrons. The number of hydrogen-bond acceptors (Lipinski definition) is 5. The summed E-state index contributed by atoms with van der Waals surface area (Å²) in [6, 6.07) is 6.12. The number of benzene rings is 1. The van der Waals surface area contributed by atoms with Crippen LogP contribution in [0.2, 0.25) is 0 Å². The fourth-order valence-corrected chi connectivity index (χ4v) is 2.30. The molecule has 0 unspecified atom stereocenters. The summed E-state index contributed by atoms with van der Waals surface area (Å²) >= 11 is 0. The monoisotopic (exact) mass is 289 g/mol. The highest BCUT2D eigenvalue weighted by molar-refractivity contribution is 7.81. The van der Waals surface area contributed by atoms with E-state index in [4.69, 9.17) is 4.74 Å². The zero-order valence-corrected chi connectivity index (χ0v) is 11.2. The Bertz CT molecular complexity index is 497. The summed E-state index contributed by atoms with van der Waals surface area (Å²) in [7, 11) is -4.95. The first-order chi connectivity index (χ1) is 9.03. The Hall–Kier alpha value is -1.34. The molecular weight excluding hydrogens is 273 g/mol. The maximum Gasteiger partial charge on any atom is 0.488 e. The van der Waals surface area contributed by atoms with Gasteiger partial charge in [-0.15, -0.1) is 0 Å². The van der Waals surface area contributed by atoms with E-state index in [1.54, 1.807) is 12.1 Å². The molecule has 1 saturated heterocycles. The van der Waals surface area contributed by atoms with Crippen molar-refractivity contribution < 1.29 is 21.2 Å². The molecule has 5 nitrogen and oxygen atoms in total. The van der Waals surface area contributed by atoms with Gasteiger partial charge in [0.25, 0.3) is 0 Å². The average molecular weight is 289 g/mol. The number of hydrogen-bond donors (Lipinski definition) is 1. The van der Waals surface area contributed by atoms with Crippen molar-refractivity contribution in [1.82, 2.24) is 0 Å². The third-order valence-corrected chi connectivity index (χ3v) is 3.38. The van der Waals surface area contributed by atoms with Crippen molar-refractivity contribution >= 4 is 16.2 Å². The van der Waals surface area contributed by atoms with Crippen molar-refractivity contribution in [1.29, 1.82) is 0 Å². The number of ether oxygens (including phenoxy) is 1. The lowest BCUT2D eigenvalue weighted by Gasteiger charge is -2.22. The van der Waals surface area contributed by atoms with Crippen LogP contribution < -0.4 is 9.50 Å². The molecule has 0 saturated carbocycles. The third kappa shape index (κ3) is 5.04. The molecule has 0 bridgehead atoms. The van der Waals surface area contributed by atoms with Crippen molar-refractivity contribution in [3.63, 3.8) is 0 Å². The van der Waals surface area contributed by atoms with E-state index in [0.717, 1.165) is 38.3 Å². The Morgan fingerprint density at radius 3 is 2.47 bits per heavy atom. The Balaban J connectivity index is 1.84. The van der Waals surface area contributed by atoms with Gasteiger partial charge in [-0.2, -0.15) is 8.42 Å². The molecule has 0 atom stereocenters. The van der Waals surface area contributed by atoms with Crippen molar-refractivity contribution in [3.05, 3.63) is 24.3 Å². The number of halogens is 1. The van der Waals surface area contributed by atoms with E-state index < -0.39 is 10.5 Å². The standard InChI is InChI=1S/C12H16FNO4S/c13-19(15,16)18-12-3-1-11(2-4-12)14-9-10-5-7-17-8-6-10/h1-4,10,14H,5-9H2. The van der Waals surface area contributed by atoms with Crippen LogP contribution in [0, 0.1) is 5.92 Å². The summed E-state index contributed by atoms with van der Waals surface area (Å²) < 4.78 is 42.3. The molecular formula is C12H16FNO4S. The Kier molecular flexibility index (Phi) is 4.60. The lowest BCUT2D eigenvalue weighted by Crippen LogP contribution is -2.22. The first-order valence-electron chi connectivity index (χ1n) is 6.09. The molecule has 1 aromatic rings. The first kappa shape index (κ1) is 14.1. The van der Waals surface area contributed by atoms with Gasteiger partial charge in [-0.25, -0.2) is 0 Å². The SMILES string of the molecule is O=S(=O)(F)Oc1ccc(NCC2CCOCC2)cc1. The highest BCUT2D eigenvalue weighted by Gasteiger charge is 2.13. The second-order valence-electron chi connectivity index (χ2n) is 4.44. The second kappa shape index (κ2) is 6.21. The van der Waals surface area contributed by atoms with Crippen molar-refractivity contribution in [2.24, 2.45) is 5.92 Å². The first-order valence-corrected chi connectivity index (χ1v) is 7.39. The molecule has 19 heavy (non-hydrogen) atoms. The summed E-state index contributed by atoms with van der Waals surface area (Å²) in [6.45, 7) is 2.44. The number of rotatable bonds is 5. The Morgan fingerprint density at radius 2 is 1.89 bits per heavy atom. The molecule has 0 amide bonds. The van der Waals surface area contributed by atoms with Crippen LogP contribution in [0.5, 0.6) is 5.75 Å². The predicted octanol–water partition coefficient (Wildman–Crippen LogP) is 2.12. The van der Waals surface area contributed by atoms with Crippen molar-refractivity contribution in [2.75, 3.05) is 25.1 Å². The van der Waals surface area contributed by atoms with Gasteiger partial charge in [-0.3, -0.25) is 0 Å². The van der Waals surface area contributed by atoms with Gasteiger partial charge >= 0.3 is 10.5 Å². The van der Waals surface area contributed by atoms with E-state index in [1.165, 1.54) is 12.1 Å². The molecule has 0 spiro atoms. The van der Waals surface area contributed by atoms with E-state index in [-0.39, 0.29) is 5.75 Å². The topological polar surface area (TPSA) is 64.6 Å². The maximum atomic E-state index is 12.3. The summed E-state index contributed by atoms with van der Waals surface area (Å²) in [5.41, 5.74) is 0.843. The fraction of sp³-hybridized carbons (Fsp3) is 0.500. The summed E-state index contributed by atoms with van der Waals surface area (Å²) in [5.74, 6) is 0.537. The minimum atomic E-state index is -4.95. The molecule has 0 radical (unpaired) electrons. The van der Waals surface area contributed by atoms with Crippen LogP contribution in [0.25, 0.3) is 0 Å². The predicted molar refractivity (Wildman–Crippen MR) is 69.1 cm³/mol. The van der Waals surface area contributed by atoms with Crippen LogP contribution in [-0.2, 0) is 15.2 Å². The van der Waals surface area contributed by atoms with Crippen LogP contribution in [0.1, 0.15) is 12.8 Å². The van der Waals surface area contributed by atoms with Gasteiger partial charge in [-0.05, 0) is 43.0 Å². The van der Waals surface area contributed by atoms with Gasteiger partial charge in [0.1, 0.15) is 5.75 Å². The van der Waals surface area contributed by atoms with E-state index >= 15 is 0 Å². The molecule has 1 aromatic carbocycles. The summed E-state index contributed by atoms with van der Waals surface area (Å²) in [4.78, 5) is 0. The molecule has 1 N–H and O–H groups in total. The van der Waals surface area contributed by atoms with E-state index in [0.29, 0.717) is 5.92 Å². The minimum Gasteiger partial charge on any atom is -0.385 e. The van der Waals surface area contributed by atoms with E-state index in [1.807, 2.05) is 0 Å². The zero-order valence-electron chi connectivity index (χ0n) is 10.3. The minimum absolute atomic E-state index is 0.0425. The Labute approximate surface area is 112 Å². The molecule has 1 heterocycles. The second-order valence-corrected chi connectivity index (χ2v) is 5.39. The van der Waals surface area contributed by atoms with E-state index in [9.17, 15) is 12.3 Å². The lowest BCUT2D eigenvalue weighted by molar-refractivity contribution is 0.0699. The van der Waals surface area contributed by atoms with Crippen LogP contribution >= 0.6 is 0 Å². The largest absolute Gasteiger partial charge is 0.488 e. The average Bonchev–Trinajstić information content (AvgIpc) is 2.37. The smallest absolute Gasteiger partial charge is 0.385 e. The Morgan fingerprint density at radius 1 is 1.26 bits per heavy atom. The molecule has 0 aliphatic carbocycles. The number of nitrogens with one attached hydrogen (secondary N) is 1. The molecule has 1 aliphatic rings. The van der Waals surface area contributed by atoms with Gasteiger partial charge in [0, 0.05) is 25.4 Å². The lowest BCUT2D eigenvalue weighted by atomic mass is 10.0. The fourth-order valence-electron chi connectivity index (χ4n) is 1.96. The summed E-state index contributed by atoms with van der Waals surface area (Å²) in [5, 5.41) is 3.25. The van der Waals surface area contributed by atoms with Crippen LogP contribution in [0.4, 0.5) is 9.57 Å². The molecule has 0 aromatic heterocycles. The molecule has 2 rings (SSSR count). The van der Waals surface area contributed by atoms with Crippen molar-refractivity contribution in [3.8, 4) is 5.75 Å². The van der Waals surface area contributed by atoms with Crippen LogP contribution in [0.15, 0.2) is 24.3 Å². The van der Waals surface area contributed by atoms with Gasteiger partial charge in [0.05, 0.1) is 0 Å². The van der Waals surface area contributed by atoms with Gasteiger partial charge < -0.3 is 14.2 Å².